The molecule has 1 saturated heterocycles. The molecule has 3 nitrogen and oxygen atoms in total. The highest BCUT2D eigenvalue weighted by Gasteiger charge is 2.15. The van der Waals surface area contributed by atoms with Crippen molar-refractivity contribution < 1.29 is 9.84 Å². The fraction of sp³-hybridized carbons (Fsp3) is 0.455. The van der Waals surface area contributed by atoms with Gasteiger partial charge in [0, 0.05) is 24.0 Å². The highest BCUT2D eigenvalue weighted by Crippen LogP contribution is 2.23. The van der Waals surface area contributed by atoms with E-state index in [1.165, 1.54) is 0 Å². The summed E-state index contributed by atoms with van der Waals surface area (Å²) >= 11 is 3.39. The highest BCUT2D eigenvalue weighted by molar-refractivity contribution is 9.10. The first-order valence-corrected chi connectivity index (χ1v) is 5.85. The number of hydrogen-bond acceptors (Lipinski definition) is 3. The van der Waals surface area contributed by atoms with Crippen LogP contribution in [0.1, 0.15) is 5.56 Å². The van der Waals surface area contributed by atoms with Crippen LogP contribution < -0.4 is 5.32 Å². The lowest BCUT2D eigenvalue weighted by atomic mass is 10.1. The fourth-order valence-corrected chi connectivity index (χ4v) is 2.12. The standard InChI is InChI=1S/C11H14BrNO2/c12-9-1-2-11(14)8(5-9)6-10-7-13-3-4-15-10/h1-2,5,10,13-14H,3-4,6-7H2/t10-/m1/s1. The van der Waals surface area contributed by atoms with Crippen LogP contribution in [0.15, 0.2) is 22.7 Å². The maximum Gasteiger partial charge on any atom is 0.118 e. The molecule has 1 atom stereocenters. The molecule has 1 aliphatic heterocycles. The van der Waals surface area contributed by atoms with Gasteiger partial charge < -0.3 is 15.2 Å². The summed E-state index contributed by atoms with van der Waals surface area (Å²) in [5.74, 6) is 0.340. The third-order valence-corrected chi connectivity index (χ3v) is 2.99. The van der Waals surface area contributed by atoms with Gasteiger partial charge in [0.25, 0.3) is 0 Å². The summed E-state index contributed by atoms with van der Waals surface area (Å²) in [7, 11) is 0. The van der Waals surface area contributed by atoms with Crippen molar-refractivity contribution in [3.63, 3.8) is 0 Å². The van der Waals surface area contributed by atoms with E-state index >= 15 is 0 Å². The van der Waals surface area contributed by atoms with Crippen LogP contribution in [-0.4, -0.2) is 30.9 Å². The number of morpholine rings is 1. The van der Waals surface area contributed by atoms with Crippen molar-refractivity contribution in [2.24, 2.45) is 0 Å². The molecular formula is C11H14BrNO2. The molecule has 0 spiro atoms. The van der Waals surface area contributed by atoms with Gasteiger partial charge >= 0.3 is 0 Å². The smallest absolute Gasteiger partial charge is 0.118 e. The topological polar surface area (TPSA) is 41.5 Å². The van der Waals surface area contributed by atoms with E-state index < -0.39 is 0 Å². The Balaban J connectivity index is 2.05. The van der Waals surface area contributed by atoms with Gasteiger partial charge in [0.05, 0.1) is 12.7 Å². The molecule has 0 saturated carbocycles. The van der Waals surface area contributed by atoms with E-state index in [2.05, 4.69) is 21.2 Å². The second-order valence-corrected chi connectivity index (χ2v) is 4.59. The largest absolute Gasteiger partial charge is 0.508 e. The Morgan fingerprint density at radius 3 is 3.13 bits per heavy atom. The van der Waals surface area contributed by atoms with Gasteiger partial charge in [0.15, 0.2) is 0 Å². The third-order valence-electron chi connectivity index (χ3n) is 2.49. The maximum absolute atomic E-state index is 9.67. The number of halogens is 1. The third kappa shape index (κ3) is 2.93. The molecule has 0 radical (unpaired) electrons. The summed E-state index contributed by atoms with van der Waals surface area (Å²) in [5, 5.41) is 12.9. The van der Waals surface area contributed by atoms with Crippen molar-refractivity contribution in [1.82, 2.24) is 5.32 Å². The van der Waals surface area contributed by atoms with Crippen LogP contribution in [0.5, 0.6) is 5.75 Å². The Labute approximate surface area is 97.6 Å². The SMILES string of the molecule is Oc1ccc(Br)cc1C[C@@H]1CNCCO1. The zero-order chi connectivity index (χ0) is 10.7. The van der Waals surface area contributed by atoms with Gasteiger partial charge in [-0.1, -0.05) is 15.9 Å². The minimum atomic E-state index is 0.166. The highest BCUT2D eigenvalue weighted by atomic mass is 79.9. The number of aromatic hydroxyl groups is 1. The Hall–Kier alpha value is -0.580. The summed E-state index contributed by atoms with van der Waals surface area (Å²) in [6.45, 7) is 2.52. The number of rotatable bonds is 2. The van der Waals surface area contributed by atoms with Crippen molar-refractivity contribution in [3.05, 3.63) is 28.2 Å². The molecule has 0 aromatic heterocycles. The van der Waals surface area contributed by atoms with Crippen LogP contribution in [0.2, 0.25) is 0 Å². The van der Waals surface area contributed by atoms with Crippen molar-refractivity contribution >= 4 is 15.9 Å². The van der Waals surface area contributed by atoms with E-state index in [1.54, 1.807) is 6.07 Å². The average molecular weight is 272 g/mol. The molecule has 82 valence electrons. The number of phenols is 1. The van der Waals surface area contributed by atoms with Crippen LogP contribution in [-0.2, 0) is 11.2 Å². The molecule has 2 N–H and O–H groups in total. The number of hydrogen-bond donors (Lipinski definition) is 2. The van der Waals surface area contributed by atoms with Gasteiger partial charge in [0.2, 0.25) is 0 Å². The van der Waals surface area contributed by atoms with E-state index in [0.29, 0.717) is 5.75 Å². The van der Waals surface area contributed by atoms with Crippen molar-refractivity contribution in [1.29, 1.82) is 0 Å². The molecule has 0 aliphatic carbocycles. The van der Waals surface area contributed by atoms with Gasteiger partial charge in [-0.2, -0.15) is 0 Å². The second-order valence-electron chi connectivity index (χ2n) is 3.67. The minimum absolute atomic E-state index is 0.166. The molecule has 1 heterocycles. The zero-order valence-electron chi connectivity index (χ0n) is 8.37. The summed E-state index contributed by atoms with van der Waals surface area (Å²) in [4.78, 5) is 0. The van der Waals surface area contributed by atoms with E-state index in [-0.39, 0.29) is 6.10 Å². The first-order valence-electron chi connectivity index (χ1n) is 5.05. The van der Waals surface area contributed by atoms with Crippen LogP contribution in [0.4, 0.5) is 0 Å². The number of nitrogens with one attached hydrogen (secondary N) is 1. The van der Waals surface area contributed by atoms with Gasteiger partial charge in [-0.05, 0) is 23.8 Å². The molecule has 0 amide bonds. The van der Waals surface area contributed by atoms with E-state index in [4.69, 9.17) is 4.74 Å². The van der Waals surface area contributed by atoms with E-state index in [1.807, 2.05) is 12.1 Å². The predicted molar refractivity (Wildman–Crippen MR) is 62.1 cm³/mol. The summed E-state index contributed by atoms with van der Waals surface area (Å²) < 4.78 is 6.57. The van der Waals surface area contributed by atoms with Gasteiger partial charge in [0.1, 0.15) is 5.75 Å². The Morgan fingerprint density at radius 1 is 1.53 bits per heavy atom. The molecule has 0 bridgehead atoms. The van der Waals surface area contributed by atoms with Crippen molar-refractivity contribution in [3.8, 4) is 5.75 Å². The Bertz CT molecular complexity index is 337. The minimum Gasteiger partial charge on any atom is -0.508 e. The van der Waals surface area contributed by atoms with Crippen LogP contribution in [0.25, 0.3) is 0 Å². The molecule has 1 aromatic rings. The number of ether oxygens (including phenoxy) is 1. The van der Waals surface area contributed by atoms with Crippen molar-refractivity contribution in [2.75, 3.05) is 19.7 Å². The average Bonchev–Trinajstić information content (AvgIpc) is 2.25. The molecule has 1 aliphatic rings. The Kier molecular flexibility index (Phi) is 3.61. The number of benzene rings is 1. The van der Waals surface area contributed by atoms with Crippen LogP contribution in [0.3, 0.4) is 0 Å². The first kappa shape index (κ1) is 10.9. The van der Waals surface area contributed by atoms with Crippen LogP contribution in [0, 0.1) is 0 Å². The Morgan fingerprint density at radius 2 is 2.40 bits per heavy atom. The summed E-state index contributed by atoms with van der Waals surface area (Å²) in [6, 6.07) is 5.47. The molecule has 4 heteroatoms. The quantitative estimate of drug-likeness (QED) is 0.860. The molecule has 2 rings (SSSR count). The normalized spacial score (nSPS) is 21.5. The second kappa shape index (κ2) is 4.96. The maximum atomic E-state index is 9.67. The molecule has 0 unspecified atom stereocenters. The van der Waals surface area contributed by atoms with Gasteiger partial charge in [-0.15, -0.1) is 0 Å². The van der Waals surface area contributed by atoms with Gasteiger partial charge in [-0.25, -0.2) is 0 Å². The molecule has 1 aromatic carbocycles. The van der Waals surface area contributed by atoms with Gasteiger partial charge in [-0.3, -0.25) is 0 Å². The number of phenolic OH excluding ortho intramolecular Hbond substituents is 1. The van der Waals surface area contributed by atoms with E-state index in [9.17, 15) is 5.11 Å². The fourth-order valence-electron chi connectivity index (χ4n) is 1.71. The monoisotopic (exact) mass is 271 g/mol. The predicted octanol–water partition coefficient (Wildman–Crippen LogP) is 1.69. The lowest BCUT2D eigenvalue weighted by Gasteiger charge is -2.23. The zero-order valence-corrected chi connectivity index (χ0v) is 9.96. The molecule has 15 heavy (non-hydrogen) atoms. The first-order chi connectivity index (χ1) is 7.25. The lowest BCUT2D eigenvalue weighted by molar-refractivity contribution is 0.0289. The molecule has 1 fully saturated rings. The van der Waals surface area contributed by atoms with E-state index in [0.717, 1.165) is 36.2 Å². The lowest BCUT2D eigenvalue weighted by Crippen LogP contribution is -2.39. The van der Waals surface area contributed by atoms with Crippen molar-refractivity contribution in [2.45, 2.75) is 12.5 Å². The summed E-state index contributed by atoms with van der Waals surface area (Å²) in [6.07, 6.45) is 0.914. The van der Waals surface area contributed by atoms with Crippen LogP contribution >= 0.6 is 15.9 Å². The summed E-state index contributed by atoms with van der Waals surface area (Å²) in [5.41, 5.74) is 0.929. The molecular weight excluding hydrogens is 258 g/mol.